The highest BCUT2D eigenvalue weighted by Crippen LogP contribution is 2.60. The fourth-order valence-corrected chi connectivity index (χ4v) is 8.54. The van der Waals surface area contributed by atoms with Crippen molar-refractivity contribution in [1.82, 2.24) is 0 Å². The topological polar surface area (TPSA) is 67.9 Å². The minimum absolute atomic E-state index is 0.617. The molecule has 58 heavy (non-hydrogen) atoms. The average molecular weight is 751 g/mol. The highest BCUT2D eigenvalue weighted by molar-refractivity contribution is 6.56. The standard InChI is InChI=1S/C52H38N4O2/c1-57-43-33-31-35-19-15-17-29-41(35)45(43)51(53-47(37-21-7-3-8-22-37)48(54-51)38-23-9-4-10-24-38)52(46-42-30-18-16-20-36(42)32-34-44(46)58-2)55-49(39-25-11-5-12-26-39)50(56-52)40-27-13-6-14-28-40/h3-34H,1-2H3. The van der Waals surface area contributed by atoms with Gasteiger partial charge in [0.1, 0.15) is 11.5 Å². The monoisotopic (exact) mass is 750 g/mol. The maximum atomic E-state index is 6.41. The number of aliphatic imine (C=N–C) groups is 4. The average Bonchev–Trinajstić information content (AvgIpc) is 3.92. The minimum atomic E-state index is -1.61. The Morgan fingerprint density at radius 2 is 0.586 bits per heavy atom. The molecule has 2 aliphatic rings. The second-order valence-corrected chi connectivity index (χ2v) is 14.4. The van der Waals surface area contributed by atoms with Crippen LogP contribution in [0, 0.1) is 0 Å². The van der Waals surface area contributed by atoms with E-state index in [0.717, 1.165) is 77.8 Å². The predicted molar refractivity (Wildman–Crippen MR) is 236 cm³/mol. The summed E-state index contributed by atoms with van der Waals surface area (Å²) in [5.41, 5.74) is 4.85. The Labute approximate surface area is 337 Å². The molecular formula is C52H38N4O2. The molecule has 2 heterocycles. The fourth-order valence-electron chi connectivity index (χ4n) is 8.54. The van der Waals surface area contributed by atoms with Gasteiger partial charge in [-0.2, -0.15) is 0 Å². The van der Waals surface area contributed by atoms with Crippen LogP contribution >= 0.6 is 0 Å². The first-order chi connectivity index (χ1) is 28.6. The van der Waals surface area contributed by atoms with Crippen molar-refractivity contribution in [3.63, 3.8) is 0 Å². The van der Waals surface area contributed by atoms with Crippen molar-refractivity contribution in [2.24, 2.45) is 20.0 Å². The summed E-state index contributed by atoms with van der Waals surface area (Å²) in [7, 11) is 3.41. The zero-order valence-electron chi connectivity index (χ0n) is 32.1. The molecule has 0 N–H and O–H groups in total. The summed E-state index contributed by atoms with van der Waals surface area (Å²) < 4.78 is 12.8. The first kappa shape index (κ1) is 35.0. The van der Waals surface area contributed by atoms with Gasteiger partial charge in [-0.25, -0.2) is 20.0 Å². The van der Waals surface area contributed by atoms with Crippen molar-refractivity contribution in [3.05, 3.63) is 228 Å². The highest BCUT2D eigenvalue weighted by atomic mass is 16.5. The predicted octanol–water partition coefficient (Wildman–Crippen LogP) is 11.0. The molecule has 0 saturated carbocycles. The molecule has 6 nitrogen and oxygen atoms in total. The van der Waals surface area contributed by atoms with E-state index in [-0.39, 0.29) is 0 Å². The SMILES string of the molecule is COc1ccc2ccccc2c1C1(C2(c3c(OC)ccc4ccccc34)N=C(c3ccccc3)C(c3ccccc3)=N2)N=C(c2ccccc2)C(c2ccccc2)=N1. The van der Waals surface area contributed by atoms with Gasteiger partial charge in [0, 0.05) is 22.3 Å². The van der Waals surface area contributed by atoms with E-state index in [1.165, 1.54) is 0 Å². The normalized spacial score (nSPS) is 15.4. The number of hydrogen-bond acceptors (Lipinski definition) is 6. The molecule has 0 aliphatic carbocycles. The molecule has 278 valence electrons. The smallest absolute Gasteiger partial charge is 0.230 e. The van der Waals surface area contributed by atoms with Gasteiger partial charge in [0.2, 0.25) is 11.3 Å². The van der Waals surface area contributed by atoms with E-state index in [2.05, 4.69) is 97.1 Å². The quantitative estimate of drug-likeness (QED) is 0.147. The van der Waals surface area contributed by atoms with Crippen LogP contribution in [0.1, 0.15) is 33.4 Å². The van der Waals surface area contributed by atoms with Crippen molar-refractivity contribution in [2.45, 2.75) is 11.3 Å². The molecule has 6 heteroatoms. The Balaban J connectivity index is 1.48. The highest BCUT2D eigenvalue weighted by Gasteiger charge is 2.63. The van der Waals surface area contributed by atoms with Gasteiger partial charge in [-0.15, -0.1) is 0 Å². The van der Waals surface area contributed by atoms with E-state index >= 15 is 0 Å². The van der Waals surface area contributed by atoms with Gasteiger partial charge in [0.25, 0.3) is 0 Å². The first-order valence-corrected chi connectivity index (χ1v) is 19.4. The molecule has 0 atom stereocenters. The van der Waals surface area contributed by atoms with E-state index in [9.17, 15) is 0 Å². The van der Waals surface area contributed by atoms with Crippen LogP contribution in [0.2, 0.25) is 0 Å². The molecule has 0 aromatic heterocycles. The van der Waals surface area contributed by atoms with Gasteiger partial charge in [0.05, 0.1) is 48.2 Å². The Kier molecular flexibility index (Phi) is 8.60. The van der Waals surface area contributed by atoms with Crippen LogP contribution in [0.5, 0.6) is 11.5 Å². The second-order valence-electron chi connectivity index (χ2n) is 14.4. The van der Waals surface area contributed by atoms with Crippen molar-refractivity contribution in [2.75, 3.05) is 14.2 Å². The summed E-state index contributed by atoms with van der Waals surface area (Å²) in [4.78, 5) is 24.0. The van der Waals surface area contributed by atoms with Crippen LogP contribution in [0.3, 0.4) is 0 Å². The number of hydrogen-bond donors (Lipinski definition) is 0. The second kappa shape index (κ2) is 14.3. The summed E-state index contributed by atoms with van der Waals surface area (Å²) in [6.45, 7) is 0. The van der Waals surface area contributed by atoms with Crippen LogP contribution in [0.4, 0.5) is 0 Å². The van der Waals surface area contributed by atoms with Crippen LogP contribution in [0.15, 0.2) is 214 Å². The maximum Gasteiger partial charge on any atom is 0.230 e. The fraction of sp³-hybridized carbons (Fsp3) is 0.0769. The van der Waals surface area contributed by atoms with E-state index in [1.54, 1.807) is 14.2 Å². The Hall–Kier alpha value is -7.44. The third-order valence-corrected chi connectivity index (χ3v) is 11.1. The van der Waals surface area contributed by atoms with E-state index in [4.69, 9.17) is 29.4 Å². The molecule has 0 radical (unpaired) electrons. The van der Waals surface area contributed by atoms with E-state index in [0.29, 0.717) is 11.5 Å². The summed E-state index contributed by atoms with van der Waals surface area (Å²) in [5.74, 6) is 1.23. The third-order valence-electron chi connectivity index (χ3n) is 11.1. The van der Waals surface area contributed by atoms with Crippen molar-refractivity contribution in [3.8, 4) is 11.5 Å². The van der Waals surface area contributed by atoms with Crippen LogP contribution < -0.4 is 9.47 Å². The molecule has 0 spiro atoms. The molecule has 0 fully saturated rings. The molecule has 0 bridgehead atoms. The lowest BCUT2D eigenvalue weighted by Crippen LogP contribution is -2.44. The largest absolute Gasteiger partial charge is 0.496 e. The van der Waals surface area contributed by atoms with Crippen LogP contribution in [-0.2, 0) is 11.3 Å². The lowest BCUT2D eigenvalue weighted by atomic mass is 9.77. The van der Waals surface area contributed by atoms with Crippen LogP contribution in [-0.4, -0.2) is 37.1 Å². The number of ether oxygens (including phenoxy) is 2. The summed E-state index contributed by atoms with van der Waals surface area (Å²) >= 11 is 0. The maximum absolute atomic E-state index is 6.41. The third kappa shape index (κ3) is 5.48. The minimum Gasteiger partial charge on any atom is -0.496 e. The number of fused-ring (bicyclic) bond motifs is 2. The summed E-state index contributed by atoms with van der Waals surface area (Å²) in [5, 5.41) is 3.87. The van der Waals surface area contributed by atoms with Crippen molar-refractivity contribution < 1.29 is 9.47 Å². The molecule has 0 saturated heterocycles. The lowest BCUT2D eigenvalue weighted by Gasteiger charge is -2.40. The number of rotatable bonds is 9. The Bertz CT molecular complexity index is 2640. The number of benzene rings is 8. The van der Waals surface area contributed by atoms with Crippen LogP contribution in [0.25, 0.3) is 21.5 Å². The van der Waals surface area contributed by atoms with Gasteiger partial charge >= 0.3 is 0 Å². The van der Waals surface area contributed by atoms with E-state index in [1.807, 2.05) is 97.1 Å². The number of nitrogens with zero attached hydrogens (tertiary/aromatic N) is 4. The first-order valence-electron chi connectivity index (χ1n) is 19.4. The molecule has 8 aromatic rings. The molecule has 8 aromatic carbocycles. The van der Waals surface area contributed by atoms with Gasteiger partial charge in [0.15, 0.2) is 0 Å². The zero-order chi connectivity index (χ0) is 39.1. The molecule has 2 aliphatic heterocycles. The number of methoxy groups -OCH3 is 2. The Morgan fingerprint density at radius 1 is 0.310 bits per heavy atom. The summed E-state index contributed by atoms with van der Waals surface area (Å²) in [6.07, 6.45) is 0. The molecular weight excluding hydrogens is 713 g/mol. The molecule has 10 rings (SSSR count). The zero-order valence-corrected chi connectivity index (χ0v) is 32.1. The molecule has 0 amide bonds. The van der Waals surface area contributed by atoms with Crippen molar-refractivity contribution in [1.29, 1.82) is 0 Å². The Morgan fingerprint density at radius 3 is 0.879 bits per heavy atom. The van der Waals surface area contributed by atoms with Crippen molar-refractivity contribution >= 4 is 44.4 Å². The van der Waals surface area contributed by atoms with Gasteiger partial charge in [-0.05, 0) is 33.7 Å². The summed E-state index contributed by atoms with van der Waals surface area (Å²) in [6, 6.07) is 65.9. The van der Waals surface area contributed by atoms with Gasteiger partial charge < -0.3 is 9.47 Å². The van der Waals surface area contributed by atoms with Gasteiger partial charge in [-0.3, -0.25) is 0 Å². The van der Waals surface area contributed by atoms with E-state index < -0.39 is 11.3 Å². The lowest BCUT2D eigenvalue weighted by molar-refractivity contribution is 0.244. The molecule has 0 unspecified atom stereocenters. The van der Waals surface area contributed by atoms with Gasteiger partial charge in [-0.1, -0.05) is 182 Å².